The molecule has 0 N–H and O–H groups in total. The van der Waals surface area contributed by atoms with Crippen LogP contribution in [0.25, 0.3) is 0 Å². The van der Waals surface area contributed by atoms with Crippen molar-refractivity contribution >= 4 is 45.0 Å². The fourth-order valence-electron chi connectivity index (χ4n) is 2.16. The van der Waals surface area contributed by atoms with Gasteiger partial charge in [0.15, 0.2) is 0 Å². The molecule has 9 nitrogen and oxygen atoms in total. The maximum absolute atomic E-state index is 12.4. The molecule has 0 saturated heterocycles. The fraction of sp³-hybridized carbons (Fsp3) is 0.0526. The smallest absolute Gasteiger partial charge is 0.393 e. The third kappa shape index (κ3) is 5.69. The number of ether oxygens (including phenoxy) is 1. The van der Waals surface area contributed by atoms with Crippen molar-refractivity contribution in [3.63, 3.8) is 0 Å². The predicted octanol–water partition coefficient (Wildman–Crippen LogP) is 3.91. The van der Waals surface area contributed by atoms with Gasteiger partial charge in [0.1, 0.15) is 11.3 Å². The van der Waals surface area contributed by atoms with Gasteiger partial charge in [-0.2, -0.15) is 4.98 Å². The summed E-state index contributed by atoms with van der Waals surface area (Å²) in [7, 11) is -3.82. The van der Waals surface area contributed by atoms with Crippen molar-refractivity contribution < 1.29 is 32.5 Å². The number of rotatable bonds is 5. The number of nitrogens with zero attached hydrogens (tertiary/aromatic N) is 2. The first kappa shape index (κ1) is 22.5. The highest BCUT2D eigenvalue weighted by Crippen LogP contribution is 2.30. The molecular formula is C19H12Cl2N2O7S. The van der Waals surface area contributed by atoms with E-state index in [0.717, 1.165) is 12.5 Å². The van der Waals surface area contributed by atoms with Gasteiger partial charge in [-0.25, -0.2) is 32.8 Å². The lowest BCUT2D eigenvalue weighted by molar-refractivity contribution is -0.187. The highest BCUT2D eigenvalue weighted by atomic mass is 35.5. The Morgan fingerprint density at radius 3 is 2.35 bits per heavy atom. The number of para-hydroxylation sites is 1. The minimum Gasteiger partial charge on any atom is -0.436 e. The normalized spacial score (nSPS) is 10.9. The van der Waals surface area contributed by atoms with Gasteiger partial charge in [-0.3, -0.25) is 0 Å². The minimum absolute atomic E-state index is 0.0384. The second-order valence-corrected chi connectivity index (χ2v) is 8.68. The van der Waals surface area contributed by atoms with E-state index in [1.165, 1.54) is 30.3 Å². The average molecular weight is 483 g/mol. The first-order chi connectivity index (χ1) is 14.6. The monoisotopic (exact) mass is 482 g/mol. The summed E-state index contributed by atoms with van der Waals surface area (Å²) < 4.78 is 29.1. The van der Waals surface area contributed by atoms with Crippen LogP contribution < -0.4 is 4.74 Å². The molecule has 0 fully saturated rings. The molecule has 1 aromatic heterocycles. The third-order valence-corrected chi connectivity index (χ3v) is 4.99. The van der Waals surface area contributed by atoms with Gasteiger partial charge in [-0.05, 0) is 30.3 Å². The van der Waals surface area contributed by atoms with Crippen LogP contribution in [0.4, 0.5) is 0 Å². The minimum atomic E-state index is -3.82. The molecular weight excluding hydrogens is 471 g/mol. The summed E-state index contributed by atoms with van der Waals surface area (Å²) in [5, 5.41) is -0.142. The predicted molar refractivity (Wildman–Crippen MR) is 109 cm³/mol. The summed E-state index contributed by atoms with van der Waals surface area (Å²) >= 11 is 11.8. The number of carbonyl (C=O) groups excluding carboxylic acids is 2. The number of halogens is 2. The van der Waals surface area contributed by atoms with E-state index in [-0.39, 0.29) is 21.4 Å². The van der Waals surface area contributed by atoms with Crippen molar-refractivity contribution in [1.82, 2.24) is 9.97 Å². The molecule has 0 aliphatic carbocycles. The first-order valence-corrected chi connectivity index (χ1v) is 11.0. The van der Waals surface area contributed by atoms with Gasteiger partial charge in [0.05, 0.1) is 16.8 Å². The number of carbonyl (C=O) groups is 2. The highest BCUT2D eigenvalue weighted by molar-refractivity contribution is 7.90. The lowest BCUT2D eigenvalue weighted by Gasteiger charge is -2.11. The molecule has 0 spiro atoms. The lowest BCUT2D eigenvalue weighted by atomic mass is 10.2. The Morgan fingerprint density at radius 2 is 1.68 bits per heavy atom. The molecule has 2 aromatic carbocycles. The molecule has 1 heterocycles. The van der Waals surface area contributed by atoms with E-state index in [2.05, 4.69) is 19.7 Å². The van der Waals surface area contributed by atoms with Crippen LogP contribution in [-0.4, -0.2) is 36.6 Å². The van der Waals surface area contributed by atoms with Crippen molar-refractivity contribution in [3.05, 3.63) is 75.9 Å². The zero-order valence-electron chi connectivity index (χ0n) is 15.6. The lowest BCUT2D eigenvalue weighted by Crippen LogP contribution is -2.15. The van der Waals surface area contributed by atoms with Crippen LogP contribution in [0.2, 0.25) is 10.0 Å². The zero-order valence-corrected chi connectivity index (χ0v) is 17.9. The largest absolute Gasteiger partial charge is 0.436 e. The Labute approximate surface area is 186 Å². The van der Waals surface area contributed by atoms with Crippen LogP contribution in [0.15, 0.2) is 59.9 Å². The van der Waals surface area contributed by atoms with Gasteiger partial charge in [0.2, 0.25) is 20.9 Å². The molecule has 160 valence electrons. The van der Waals surface area contributed by atoms with Crippen LogP contribution in [0, 0.1) is 0 Å². The Morgan fingerprint density at radius 1 is 0.968 bits per heavy atom. The van der Waals surface area contributed by atoms with Gasteiger partial charge >= 0.3 is 11.9 Å². The Bertz CT molecular complexity index is 1270. The topological polar surface area (TPSA) is 122 Å². The maximum atomic E-state index is 12.4. The van der Waals surface area contributed by atoms with Crippen molar-refractivity contribution in [2.45, 2.75) is 5.16 Å². The Kier molecular flexibility index (Phi) is 6.74. The molecule has 3 aromatic rings. The van der Waals surface area contributed by atoms with Crippen molar-refractivity contribution in [2.24, 2.45) is 0 Å². The Balaban J connectivity index is 1.87. The SMILES string of the molecule is CS(=O)(=O)c1ncc(C(=O)OOC(=O)c2cccc(Cl)c2)c(Oc2ccccc2Cl)n1. The Hall–Kier alpha value is -3.21. The maximum Gasteiger partial charge on any atom is 0.393 e. The molecule has 0 atom stereocenters. The number of hydrogen-bond acceptors (Lipinski definition) is 9. The van der Waals surface area contributed by atoms with Crippen LogP contribution >= 0.6 is 23.2 Å². The van der Waals surface area contributed by atoms with Crippen LogP contribution in [0.5, 0.6) is 11.6 Å². The molecule has 0 aliphatic heterocycles. The summed E-state index contributed by atoms with van der Waals surface area (Å²) in [4.78, 5) is 40.9. The molecule has 3 rings (SSSR count). The standard InChI is InChI=1S/C19H12Cl2N2O7S/c1-31(26,27)19-22-10-13(16(23-19)28-15-8-3-2-7-14(15)21)18(25)30-29-17(24)11-5-4-6-12(20)9-11/h2-10H,1H3. The molecule has 12 heteroatoms. The summed E-state index contributed by atoms with van der Waals surface area (Å²) in [6, 6.07) is 12.0. The summed E-state index contributed by atoms with van der Waals surface area (Å²) in [5.74, 6) is -2.57. The van der Waals surface area contributed by atoms with E-state index in [1.54, 1.807) is 18.2 Å². The molecule has 0 aliphatic rings. The molecule has 0 unspecified atom stereocenters. The number of aromatic nitrogens is 2. The average Bonchev–Trinajstić information content (AvgIpc) is 2.72. The van der Waals surface area contributed by atoms with Crippen LogP contribution in [0.3, 0.4) is 0 Å². The van der Waals surface area contributed by atoms with Crippen molar-refractivity contribution in [1.29, 1.82) is 0 Å². The zero-order chi connectivity index (χ0) is 22.6. The fourth-order valence-corrected chi connectivity index (χ4v) is 3.02. The van der Waals surface area contributed by atoms with Gasteiger partial charge < -0.3 is 4.74 Å². The molecule has 0 bridgehead atoms. The third-order valence-electron chi connectivity index (χ3n) is 3.58. The molecule has 0 radical (unpaired) electrons. The summed E-state index contributed by atoms with van der Waals surface area (Å²) in [6.45, 7) is 0. The van der Waals surface area contributed by atoms with E-state index >= 15 is 0 Å². The molecule has 0 saturated carbocycles. The van der Waals surface area contributed by atoms with E-state index < -0.39 is 38.4 Å². The number of hydrogen-bond donors (Lipinski definition) is 0. The van der Waals surface area contributed by atoms with Crippen LogP contribution in [0.1, 0.15) is 20.7 Å². The first-order valence-electron chi connectivity index (χ1n) is 8.33. The van der Waals surface area contributed by atoms with Gasteiger partial charge in [0.25, 0.3) is 0 Å². The van der Waals surface area contributed by atoms with E-state index in [0.29, 0.717) is 0 Å². The molecule has 31 heavy (non-hydrogen) atoms. The quantitative estimate of drug-likeness (QED) is 0.302. The van der Waals surface area contributed by atoms with E-state index in [4.69, 9.17) is 27.9 Å². The highest BCUT2D eigenvalue weighted by Gasteiger charge is 2.24. The van der Waals surface area contributed by atoms with Gasteiger partial charge in [0, 0.05) is 11.3 Å². The van der Waals surface area contributed by atoms with E-state index in [1.807, 2.05) is 0 Å². The van der Waals surface area contributed by atoms with Gasteiger partial charge in [-0.15, -0.1) is 0 Å². The number of benzene rings is 2. The second kappa shape index (κ2) is 9.29. The van der Waals surface area contributed by atoms with Crippen molar-refractivity contribution in [2.75, 3.05) is 6.26 Å². The number of sulfone groups is 1. The van der Waals surface area contributed by atoms with Crippen molar-refractivity contribution in [3.8, 4) is 11.6 Å². The molecule has 0 amide bonds. The second-order valence-electron chi connectivity index (χ2n) is 5.93. The van der Waals surface area contributed by atoms with E-state index in [9.17, 15) is 18.0 Å². The summed E-state index contributed by atoms with van der Waals surface area (Å²) in [6.07, 6.45) is 1.75. The summed E-state index contributed by atoms with van der Waals surface area (Å²) in [5.41, 5.74) is -0.372. The van der Waals surface area contributed by atoms with Gasteiger partial charge in [-0.1, -0.05) is 41.4 Å². The van der Waals surface area contributed by atoms with Crippen LogP contribution in [-0.2, 0) is 19.6 Å².